The molecule has 0 radical (unpaired) electrons. The van der Waals surface area contributed by atoms with Crippen LogP contribution in [0.1, 0.15) is 25.6 Å². The van der Waals surface area contributed by atoms with E-state index in [1.54, 1.807) is 12.3 Å². The van der Waals surface area contributed by atoms with E-state index in [0.29, 0.717) is 16.7 Å². The Labute approximate surface area is 138 Å². The lowest BCUT2D eigenvalue weighted by molar-refractivity contribution is 0.0636. The summed E-state index contributed by atoms with van der Waals surface area (Å²) >= 11 is 7.23. The summed E-state index contributed by atoms with van der Waals surface area (Å²) in [6.07, 6.45) is 1.27. The van der Waals surface area contributed by atoms with Crippen LogP contribution in [0.3, 0.4) is 0 Å². The number of nitrogens with one attached hydrogen (secondary N) is 2. The molecule has 0 saturated carbocycles. The predicted octanol–water partition coefficient (Wildman–Crippen LogP) is 4.76. The number of ether oxygens (including phenoxy) is 1. The lowest BCUT2D eigenvalue weighted by Gasteiger charge is -2.19. The molecule has 2 aromatic rings. The molecule has 118 valence electrons. The molecule has 2 N–H and O–H groups in total. The number of aromatic nitrogens is 1. The van der Waals surface area contributed by atoms with Crippen LogP contribution in [-0.2, 0) is 11.3 Å². The summed E-state index contributed by atoms with van der Waals surface area (Å²) in [7, 11) is 0. The van der Waals surface area contributed by atoms with Crippen LogP contribution >= 0.6 is 22.9 Å². The van der Waals surface area contributed by atoms with E-state index in [0.717, 1.165) is 10.6 Å². The van der Waals surface area contributed by atoms with Gasteiger partial charge in [0.1, 0.15) is 5.60 Å². The summed E-state index contributed by atoms with van der Waals surface area (Å²) in [4.78, 5) is 16.8. The number of rotatable bonds is 4. The highest BCUT2D eigenvalue weighted by atomic mass is 35.5. The third kappa shape index (κ3) is 5.54. The number of carbonyl (C=O) groups is 1. The van der Waals surface area contributed by atoms with Gasteiger partial charge in [0.05, 0.1) is 6.54 Å². The van der Waals surface area contributed by atoms with E-state index in [1.165, 1.54) is 11.3 Å². The lowest BCUT2D eigenvalue weighted by atomic mass is 10.2. The molecule has 7 heteroatoms. The van der Waals surface area contributed by atoms with Crippen LogP contribution in [0.15, 0.2) is 30.5 Å². The molecule has 0 aliphatic rings. The van der Waals surface area contributed by atoms with Gasteiger partial charge in [-0.1, -0.05) is 17.7 Å². The number of benzene rings is 1. The van der Waals surface area contributed by atoms with Crippen LogP contribution in [0.5, 0.6) is 0 Å². The topological polar surface area (TPSA) is 63.2 Å². The van der Waals surface area contributed by atoms with Crippen molar-refractivity contribution < 1.29 is 9.53 Å². The fraction of sp³-hybridized carbons (Fsp3) is 0.333. The van der Waals surface area contributed by atoms with E-state index in [9.17, 15) is 4.79 Å². The lowest BCUT2D eigenvalue weighted by Crippen LogP contribution is -2.27. The van der Waals surface area contributed by atoms with E-state index in [1.807, 2.05) is 39.0 Å². The van der Waals surface area contributed by atoms with Gasteiger partial charge in [-0.15, -0.1) is 11.3 Å². The molecule has 0 bridgehead atoms. The SMILES string of the molecule is CC(C)(C)OC(=O)Nc1cccc(NCc2cnc(Cl)s2)c1. The first-order valence-electron chi connectivity index (χ1n) is 6.76. The van der Waals surface area contributed by atoms with Crippen molar-refractivity contribution in [3.8, 4) is 0 Å². The van der Waals surface area contributed by atoms with Crippen molar-refractivity contribution >= 4 is 40.4 Å². The number of hydrogen-bond donors (Lipinski definition) is 2. The van der Waals surface area contributed by atoms with Crippen LogP contribution in [0, 0.1) is 0 Å². The van der Waals surface area contributed by atoms with Gasteiger partial charge in [-0.25, -0.2) is 9.78 Å². The average molecular weight is 340 g/mol. The Morgan fingerprint density at radius 1 is 1.36 bits per heavy atom. The quantitative estimate of drug-likeness (QED) is 0.843. The Hall–Kier alpha value is -1.79. The van der Waals surface area contributed by atoms with Gasteiger partial charge in [0, 0.05) is 22.4 Å². The standard InChI is InChI=1S/C15H18ClN3O2S/c1-15(2,3)21-14(20)19-11-6-4-5-10(7-11)17-8-12-9-18-13(16)22-12/h4-7,9,17H,8H2,1-3H3,(H,19,20). The second kappa shape index (κ2) is 6.98. The molecule has 1 amide bonds. The largest absolute Gasteiger partial charge is 0.444 e. The molecule has 22 heavy (non-hydrogen) atoms. The van der Waals surface area contributed by atoms with Gasteiger partial charge >= 0.3 is 6.09 Å². The second-order valence-corrected chi connectivity index (χ2v) is 7.34. The van der Waals surface area contributed by atoms with Gasteiger partial charge in [-0.2, -0.15) is 0 Å². The van der Waals surface area contributed by atoms with E-state index >= 15 is 0 Å². The molecule has 0 unspecified atom stereocenters. The molecule has 1 heterocycles. The van der Waals surface area contributed by atoms with Gasteiger partial charge in [-0.3, -0.25) is 5.32 Å². The first-order valence-corrected chi connectivity index (χ1v) is 7.95. The second-order valence-electron chi connectivity index (χ2n) is 5.64. The van der Waals surface area contributed by atoms with Crippen molar-refractivity contribution in [3.05, 3.63) is 39.8 Å². The van der Waals surface area contributed by atoms with E-state index in [4.69, 9.17) is 16.3 Å². The number of halogens is 1. The summed E-state index contributed by atoms with van der Waals surface area (Å²) in [5.41, 5.74) is 1.03. The van der Waals surface area contributed by atoms with Crippen molar-refractivity contribution in [1.82, 2.24) is 4.98 Å². The highest BCUT2D eigenvalue weighted by molar-refractivity contribution is 7.15. The number of anilines is 2. The Morgan fingerprint density at radius 2 is 2.09 bits per heavy atom. The molecule has 0 spiro atoms. The first kappa shape index (κ1) is 16.6. The molecule has 0 fully saturated rings. The molecule has 5 nitrogen and oxygen atoms in total. The minimum absolute atomic E-state index is 0.473. The highest BCUT2D eigenvalue weighted by Crippen LogP contribution is 2.21. The number of thiazole rings is 1. The number of carbonyl (C=O) groups excluding carboxylic acids is 1. The zero-order valence-electron chi connectivity index (χ0n) is 12.6. The van der Waals surface area contributed by atoms with Gasteiger partial charge in [-0.05, 0) is 39.0 Å². The molecular formula is C15H18ClN3O2S. The Balaban J connectivity index is 1.93. The summed E-state index contributed by atoms with van der Waals surface area (Å²) in [6.45, 7) is 6.10. The van der Waals surface area contributed by atoms with Crippen LogP contribution in [-0.4, -0.2) is 16.7 Å². The van der Waals surface area contributed by atoms with Crippen LogP contribution in [0.25, 0.3) is 0 Å². The maximum absolute atomic E-state index is 11.7. The summed E-state index contributed by atoms with van der Waals surface area (Å²) < 4.78 is 5.75. The van der Waals surface area contributed by atoms with Gasteiger partial charge in [0.15, 0.2) is 4.47 Å². The zero-order valence-corrected chi connectivity index (χ0v) is 14.2. The van der Waals surface area contributed by atoms with Crippen LogP contribution in [0.2, 0.25) is 4.47 Å². The van der Waals surface area contributed by atoms with Crippen molar-refractivity contribution in [2.24, 2.45) is 0 Å². The molecule has 2 rings (SSSR count). The fourth-order valence-corrected chi connectivity index (χ4v) is 2.60. The van der Waals surface area contributed by atoms with Crippen LogP contribution in [0.4, 0.5) is 16.2 Å². The molecule has 0 aliphatic heterocycles. The van der Waals surface area contributed by atoms with E-state index in [2.05, 4.69) is 15.6 Å². The maximum Gasteiger partial charge on any atom is 0.412 e. The molecule has 1 aromatic heterocycles. The minimum Gasteiger partial charge on any atom is -0.444 e. The van der Waals surface area contributed by atoms with Gasteiger partial charge < -0.3 is 10.1 Å². The van der Waals surface area contributed by atoms with Gasteiger partial charge in [0.2, 0.25) is 0 Å². The monoisotopic (exact) mass is 339 g/mol. The molecule has 0 aliphatic carbocycles. The minimum atomic E-state index is -0.522. The number of amides is 1. The maximum atomic E-state index is 11.7. The highest BCUT2D eigenvalue weighted by Gasteiger charge is 2.16. The van der Waals surface area contributed by atoms with Crippen molar-refractivity contribution in [1.29, 1.82) is 0 Å². The summed E-state index contributed by atoms with van der Waals surface area (Å²) in [5.74, 6) is 0. The summed E-state index contributed by atoms with van der Waals surface area (Å²) in [6, 6.07) is 7.42. The smallest absolute Gasteiger partial charge is 0.412 e. The van der Waals surface area contributed by atoms with E-state index in [-0.39, 0.29) is 0 Å². The van der Waals surface area contributed by atoms with Crippen LogP contribution < -0.4 is 10.6 Å². The molecular weight excluding hydrogens is 322 g/mol. The number of nitrogens with zero attached hydrogens (tertiary/aromatic N) is 1. The third-order valence-corrected chi connectivity index (χ3v) is 3.61. The van der Waals surface area contributed by atoms with Gasteiger partial charge in [0.25, 0.3) is 0 Å². The zero-order chi connectivity index (χ0) is 16.2. The van der Waals surface area contributed by atoms with Crippen molar-refractivity contribution in [3.63, 3.8) is 0 Å². The molecule has 0 saturated heterocycles. The third-order valence-electron chi connectivity index (χ3n) is 2.50. The van der Waals surface area contributed by atoms with Crippen molar-refractivity contribution in [2.75, 3.05) is 10.6 Å². The van der Waals surface area contributed by atoms with Crippen molar-refractivity contribution in [2.45, 2.75) is 32.9 Å². The molecule has 1 aromatic carbocycles. The molecule has 0 atom stereocenters. The summed E-state index contributed by atoms with van der Waals surface area (Å²) in [5, 5.41) is 5.96. The number of hydrogen-bond acceptors (Lipinski definition) is 5. The Bertz CT molecular complexity index is 652. The first-order chi connectivity index (χ1) is 10.3. The fourth-order valence-electron chi connectivity index (χ4n) is 1.68. The Morgan fingerprint density at radius 3 is 2.73 bits per heavy atom. The average Bonchev–Trinajstić information content (AvgIpc) is 2.80. The Kier molecular flexibility index (Phi) is 5.26. The normalized spacial score (nSPS) is 11.1. The predicted molar refractivity (Wildman–Crippen MR) is 90.7 cm³/mol. The van der Waals surface area contributed by atoms with E-state index < -0.39 is 11.7 Å².